The number of rotatable bonds is 3. The van der Waals surface area contributed by atoms with E-state index in [0.29, 0.717) is 28.4 Å². The SMILES string of the molecule is CC1=C(C(=O)NCC2=C(F)CCC=C2Cl)SNN1. The summed E-state index contributed by atoms with van der Waals surface area (Å²) >= 11 is 7.12. The summed E-state index contributed by atoms with van der Waals surface area (Å²) in [6.45, 7) is 1.90. The first-order chi connectivity index (χ1) is 8.59. The molecule has 2 aliphatic rings. The molecule has 0 fully saturated rings. The van der Waals surface area contributed by atoms with E-state index in [1.807, 2.05) is 0 Å². The summed E-state index contributed by atoms with van der Waals surface area (Å²) < 4.78 is 13.6. The third-order valence-corrected chi connectivity index (χ3v) is 3.95. The minimum absolute atomic E-state index is 0.108. The van der Waals surface area contributed by atoms with Crippen molar-refractivity contribution in [3.63, 3.8) is 0 Å². The van der Waals surface area contributed by atoms with Crippen molar-refractivity contribution in [1.82, 2.24) is 15.6 Å². The van der Waals surface area contributed by atoms with Gasteiger partial charge in [0.1, 0.15) is 10.7 Å². The number of carbonyl (C=O) groups excluding carboxylic acids is 1. The zero-order chi connectivity index (χ0) is 13.1. The second kappa shape index (κ2) is 5.77. The van der Waals surface area contributed by atoms with E-state index in [2.05, 4.69) is 15.6 Å². The average Bonchev–Trinajstić information content (AvgIpc) is 2.74. The molecule has 1 aliphatic carbocycles. The molecule has 0 aromatic carbocycles. The molecule has 1 amide bonds. The van der Waals surface area contributed by atoms with Crippen LogP contribution in [0.3, 0.4) is 0 Å². The van der Waals surface area contributed by atoms with Crippen molar-refractivity contribution in [2.75, 3.05) is 6.54 Å². The highest BCUT2D eigenvalue weighted by molar-refractivity contribution is 8.02. The van der Waals surface area contributed by atoms with Crippen LogP contribution in [0.15, 0.2) is 33.1 Å². The maximum Gasteiger partial charge on any atom is 0.261 e. The van der Waals surface area contributed by atoms with Gasteiger partial charge in [-0.25, -0.2) is 4.39 Å². The molecular weight excluding hydrogens is 277 g/mol. The lowest BCUT2D eigenvalue weighted by Crippen LogP contribution is -2.27. The third kappa shape index (κ3) is 2.88. The Kier molecular flexibility index (Phi) is 4.31. The van der Waals surface area contributed by atoms with Gasteiger partial charge in [-0.2, -0.15) is 4.83 Å². The highest BCUT2D eigenvalue weighted by Gasteiger charge is 2.20. The molecule has 0 bridgehead atoms. The number of hydrogen-bond acceptors (Lipinski definition) is 4. The molecule has 7 heteroatoms. The van der Waals surface area contributed by atoms with Gasteiger partial charge in [0, 0.05) is 29.3 Å². The lowest BCUT2D eigenvalue weighted by atomic mass is 10.1. The Bertz CT molecular complexity index is 473. The molecule has 3 N–H and O–H groups in total. The molecule has 0 saturated carbocycles. The Morgan fingerprint density at radius 2 is 2.44 bits per heavy atom. The minimum atomic E-state index is -0.246. The van der Waals surface area contributed by atoms with Gasteiger partial charge in [-0.1, -0.05) is 17.7 Å². The molecule has 1 aliphatic heterocycles. The summed E-state index contributed by atoms with van der Waals surface area (Å²) in [5.74, 6) is -0.492. The van der Waals surface area contributed by atoms with Crippen LogP contribution in [-0.4, -0.2) is 12.5 Å². The Balaban J connectivity index is 1.98. The first kappa shape index (κ1) is 13.5. The molecule has 0 saturated heterocycles. The Hall–Kier alpha value is -0.980. The summed E-state index contributed by atoms with van der Waals surface area (Å²) in [6.07, 6.45) is 2.72. The predicted octanol–water partition coefficient (Wildman–Crippen LogP) is 2.23. The predicted molar refractivity (Wildman–Crippen MR) is 70.9 cm³/mol. The molecule has 0 aromatic heterocycles. The van der Waals surface area contributed by atoms with Crippen LogP contribution < -0.4 is 15.6 Å². The number of halogens is 2. The highest BCUT2D eigenvalue weighted by atomic mass is 35.5. The van der Waals surface area contributed by atoms with Crippen molar-refractivity contribution in [2.24, 2.45) is 0 Å². The highest BCUT2D eigenvalue weighted by Crippen LogP contribution is 2.28. The number of hydrogen-bond donors (Lipinski definition) is 3. The van der Waals surface area contributed by atoms with E-state index in [0.717, 1.165) is 5.70 Å². The molecule has 0 atom stereocenters. The molecule has 1 heterocycles. The quantitative estimate of drug-likeness (QED) is 0.698. The summed E-state index contributed by atoms with van der Waals surface area (Å²) in [5.41, 5.74) is 3.94. The van der Waals surface area contributed by atoms with Crippen molar-refractivity contribution >= 4 is 29.5 Å². The monoisotopic (exact) mass is 289 g/mol. The van der Waals surface area contributed by atoms with E-state index in [4.69, 9.17) is 11.6 Å². The van der Waals surface area contributed by atoms with Crippen molar-refractivity contribution in [3.05, 3.63) is 33.1 Å². The fraction of sp³-hybridized carbons (Fsp3) is 0.364. The number of hydrazine groups is 1. The van der Waals surface area contributed by atoms with Crippen molar-refractivity contribution in [3.8, 4) is 0 Å². The molecule has 18 heavy (non-hydrogen) atoms. The minimum Gasteiger partial charge on any atom is -0.347 e. The zero-order valence-corrected chi connectivity index (χ0v) is 11.3. The molecule has 0 radical (unpaired) electrons. The van der Waals surface area contributed by atoms with Crippen molar-refractivity contribution in [1.29, 1.82) is 0 Å². The first-order valence-corrected chi connectivity index (χ1v) is 6.69. The van der Waals surface area contributed by atoms with E-state index >= 15 is 0 Å². The summed E-state index contributed by atoms with van der Waals surface area (Å²) in [7, 11) is 0. The number of allylic oxidation sites excluding steroid dienone is 3. The third-order valence-electron chi connectivity index (χ3n) is 2.67. The Morgan fingerprint density at radius 3 is 3.06 bits per heavy atom. The molecule has 0 unspecified atom stereocenters. The molecule has 0 aromatic rings. The molecule has 2 rings (SSSR count). The number of amides is 1. The molecule has 0 spiro atoms. The number of carbonyl (C=O) groups is 1. The fourth-order valence-corrected chi connectivity index (χ4v) is 2.62. The second-order valence-electron chi connectivity index (χ2n) is 3.94. The van der Waals surface area contributed by atoms with Crippen LogP contribution in [0.25, 0.3) is 0 Å². The van der Waals surface area contributed by atoms with Gasteiger partial charge in [-0.15, -0.1) is 0 Å². The van der Waals surface area contributed by atoms with Gasteiger partial charge < -0.3 is 10.7 Å². The Morgan fingerprint density at radius 1 is 1.67 bits per heavy atom. The van der Waals surface area contributed by atoms with Crippen molar-refractivity contribution in [2.45, 2.75) is 19.8 Å². The molecule has 4 nitrogen and oxygen atoms in total. The maximum atomic E-state index is 13.6. The lowest BCUT2D eigenvalue weighted by molar-refractivity contribution is -0.116. The van der Waals surface area contributed by atoms with E-state index in [9.17, 15) is 9.18 Å². The largest absolute Gasteiger partial charge is 0.347 e. The fourth-order valence-electron chi connectivity index (χ4n) is 1.66. The molecule has 98 valence electrons. The van der Waals surface area contributed by atoms with Crippen LogP contribution in [-0.2, 0) is 4.79 Å². The van der Waals surface area contributed by atoms with E-state index in [1.165, 1.54) is 11.9 Å². The summed E-state index contributed by atoms with van der Waals surface area (Å²) in [5, 5.41) is 3.05. The van der Waals surface area contributed by atoms with Gasteiger partial charge in [-0.3, -0.25) is 4.79 Å². The van der Waals surface area contributed by atoms with Crippen LogP contribution in [0.1, 0.15) is 19.8 Å². The average molecular weight is 290 g/mol. The standard InChI is InChI=1S/C11H13ClFN3OS/c1-6-10(18-16-15-6)11(17)14-5-7-8(12)3-2-4-9(7)13/h3,15-16H,2,4-5H2,1H3,(H,14,17). The van der Waals surface area contributed by atoms with E-state index < -0.39 is 0 Å². The van der Waals surface area contributed by atoms with Crippen LogP contribution in [0.5, 0.6) is 0 Å². The van der Waals surface area contributed by atoms with Gasteiger partial charge in [0.05, 0.1) is 0 Å². The van der Waals surface area contributed by atoms with Gasteiger partial charge in [0.2, 0.25) is 0 Å². The number of nitrogens with one attached hydrogen (secondary N) is 3. The first-order valence-electron chi connectivity index (χ1n) is 5.50. The van der Waals surface area contributed by atoms with Crippen LogP contribution in [0.4, 0.5) is 4.39 Å². The topological polar surface area (TPSA) is 53.2 Å². The van der Waals surface area contributed by atoms with E-state index in [1.54, 1.807) is 13.0 Å². The van der Waals surface area contributed by atoms with Crippen LogP contribution in [0, 0.1) is 0 Å². The molecular formula is C11H13ClFN3OS. The lowest BCUT2D eigenvalue weighted by Gasteiger charge is -2.14. The van der Waals surface area contributed by atoms with Gasteiger partial charge in [0.15, 0.2) is 0 Å². The summed E-state index contributed by atoms with van der Waals surface area (Å²) in [6, 6.07) is 0. The van der Waals surface area contributed by atoms with E-state index in [-0.39, 0.29) is 18.3 Å². The maximum absolute atomic E-state index is 13.6. The normalized spacial score (nSPS) is 19.8. The van der Waals surface area contributed by atoms with Gasteiger partial charge >= 0.3 is 0 Å². The smallest absolute Gasteiger partial charge is 0.261 e. The van der Waals surface area contributed by atoms with Crippen LogP contribution in [0.2, 0.25) is 0 Å². The zero-order valence-electron chi connectivity index (χ0n) is 9.77. The van der Waals surface area contributed by atoms with Crippen molar-refractivity contribution < 1.29 is 9.18 Å². The second-order valence-corrected chi connectivity index (χ2v) is 5.16. The van der Waals surface area contributed by atoms with Gasteiger partial charge in [0.25, 0.3) is 5.91 Å². The summed E-state index contributed by atoms with van der Waals surface area (Å²) in [4.78, 5) is 15.1. The Labute approximate surface area is 114 Å². The van der Waals surface area contributed by atoms with Crippen LogP contribution >= 0.6 is 23.5 Å². The van der Waals surface area contributed by atoms with Gasteiger partial charge in [-0.05, 0) is 25.3 Å².